The number of methoxy groups -OCH3 is 1. The Morgan fingerprint density at radius 3 is 2.46 bits per heavy atom. The van der Waals surface area contributed by atoms with Gasteiger partial charge in [0.15, 0.2) is 6.17 Å². The van der Waals surface area contributed by atoms with Crippen LogP contribution in [0.2, 0.25) is 5.02 Å². The Morgan fingerprint density at radius 1 is 1.35 bits per heavy atom. The fourth-order valence-corrected chi connectivity index (χ4v) is 2.80. The van der Waals surface area contributed by atoms with Crippen LogP contribution in [0.5, 0.6) is 5.75 Å². The number of anilines is 1. The Morgan fingerprint density at radius 2 is 1.96 bits per heavy atom. The molecule has 26 heavy (non-hydrogen) atoms. The first-order valence-electron chi connectivity index (χ1n) is 8.26. The molecule has 0 N–H and O–H groups in total. The monoisotopic (exact) mass is 386 g/mol. The smallest absolute Gasteiger partial charge is 0.410 e. The molecule has 0 unspecified atom stereocenters. The number of amides is 2. The second kappa shape index (κ2) is 7.70. The Labute approximate surface area is 157 Å². The SMILES string of the molecule is COc1ccc(N(C)C(=O)[C@@H](F)C2CN(C(=O)OC(C)(C)C)C2)cc1Cl. The summed E-state index contributed by atoms with van der Waals surface area (Å²) in [7, 11) is 2.97. The van der Waals surface area contributed by atoms with E-state index in [-0.39, 0.29) is 13.1 Å². The number of ether oxygens (including phenoxy) is 2. The van der Waals surface area contributed by atoms with Crippen LogP contribution >= 0.6 is 11.6 Å². The minimum atomic E-state index is -1.71. The van der Waals surface area contributed by atoms with E-state index in [0.717, 1.165) is 0 Å². The van der Waals surface area contributed by atoms with E-state index in [2.05, 4.69) is 0 Å². The Kier molecular flexibility index (Phi) is 6.01. The number of benzene rings is 1. The first-order chi connectivity index (χ1) is 12.0. The summed E-state index contributed by atoms with van der Waals surface area (Å²) < 4.78 is 24.9. The molecule has 1 saturated heterocycles. The number of carbonyl (C=O) groups is 2. The second-order valence-corrected chi connectivity index (χ2v) is 7.67. The highest BCUT2D eigenvalue weighted by Gasteiger charge is 2.42. The molecule has 1 heterocycles. The number of hydrogen-bond acceptors (Lipinski definition) is 4. The lowest BCUT2D eigenvalue weighted by atomic mass is 9.94. The topological polar surface area (TPSA) is 59.1 Å². The average Bonchev–Trinajstić information content (AvgIpc) is 2.50. The number of rotatable bonds is 4. The molecule has 0 spiro atoms. The second-order valence-electron chi connectivity index (χ2n) is 7.26. The summed E-state index contributed by atoms with van der Waals surface area (Å²) in [6, 6.07) is 4.78. The maximum atomic E-state index is 14.6. The highest BCUT2D eigenvalue weighted by molar-refractivity contribution is 6.32. The van der Waals surface area contributed by atoms with Gasteiger partial charge in [-0.2, -0.15) is 0 Å². The van der Waals surface area contributed by atoms with E-state index in [9.17, 15) is 14.0 Å². The highest BCUT2D eigenvalue weighted by Crippen LogP contribution is 2.30. The van der Waals surface area contributed by atoms with Crippen LogP contribution in [0.1, 0.15) is 20.8 Å². The summed E-state index contributed by atoms with van der Waals surface area (Å²) in [5.74, 6) is -0.758. The quantitative estimate of drug-likeness (QED) is 0.794. The van der Waals surface area contributed by atoms with Crippen LogP contribution < -0.4 is 9.64 Å². The zero-order chi connectivity index (χ0) is 19.6. The van der Waals surface area contributed by atoms with Gasteiger partial charge in [0.2, 0.25) is 0 Å². The van der Waals surface area contributed by atoms with E-state index in [1.807, 2.05) is 0 Å². The van der Waals surface area contributed by atoms with Crippen molar-refractivity contribution < 1.29 is 23.5 Å². The number of halogens is 2. The van der Waals surface area contributed by atoms with Crippen LogP contribution in [0, 0.1) is 5.92 Å². The van der Waals surface area contributed by atoms with E-state index in [0.29, 0.717) is 16.5 Å². The molecule has 1 aliphatic heterocycles. The molecule has 144 valence electrons. The standard InChI is InChI=1S/C18H24ClFN2O4/c1-18(2,3)26-17(24)22-9-11(10-22)15(20)16(23)21(4)12-6-7-14(25-5)13(19)8-12/h6-8,11,15H,9-10H2,1-5H3/t15-/m0/s1. The first-order valence-corrected chi connectivity index (χ1v) is 8.64. The van der Waals surface area contributed by atoms with Crippen molar-refractivity contribution in [3.63, 3.8) is 0 Å². The van der Waals surface area contributed by atoms with Gasteiger partial charge in [0.25, 0.3) is 5.91 Å². The lowest BCUT2D eigenvalue weighted by molar-refractivity contribution is -0.127. The predicted octanol–water partition coefficient (Wildman–Crippen LogP) is 3.52. The van der Waals surface area contributed by atoms with Crippen molar-refractivity contribution in [2.75, 3.05) is 32.1 Å². The van der Waals surface area contributed by atoms with Crippen molar-refractivity contribution in [1.82, 2.24) is 4.90 Å². The van der Waals surface area contributed by atoms with E-state index >= 15 is 0 Å². The molecule has 1 aromatic carbocycles. The number of likely N-dealkylation sites (tertiary alicyclic amines) is 1. The number of hydrogen-bond donors (Lipinski definition) is 0. The summed E-state index contributed by atoms with van der Waals surface area (Å²) in [6.07, 6.45) is -2.21. The van der Waals surface area contributed by atoms with Gasteiger partial charge in [0, 0.05) is 31.7 Å². The molecule has 2 amide bonds. The fourth-order valence-electron chi connectivity index (χ4n) is 2.55. The molecule has 1 aliphatic rings. The molecule has 0 aliphatic carbocycles. The summed E-state index contributed by atoms with van der Waals surface area (Å²) >= 11 is 6.05. The lowest BCUT2D eigenvalue weighted by Gasteiger charge is -2.41. The van der Waals surface area contributed by atoms with Crippen molar-refractivity contribution in [2.45, 2.75) is 32.5 Å². The van der Waals surface area contributed by atoms with Crippen LogP contribution in [-0.2, 0) is 9.53 Å². The molecule has 2 rings (SSSR count). The van der Waals surface area contributed by atoms with Crippen LogP contribution in [0.15, 0.2) is 18.2 Å². The van der Waals surface area contributed by atoms with E-state index < -0.39 is 29.7 Å². The molecule has 0 bridgehead atoms. The van der Waals surface area contributed by atoms with Gasteiger partial charge in [-0.05, 0) is 39.0 Å². The number of alkyl halides is 1. The molecular formula is C18H24ClFN2O4. The molecule has 0 aromatic heterocycles. The lowest BCUT2D eigenvalue weighted by Crippen LogP contribution is -2.57. The Hall–Kier alpha value is -2.02. The summed E-state index contributed by atoms with van der Waals surface area (Å²) in [6.45, 7) is 5.59. The van der Waals surface area contributed by atoms with E-state index in [4.69, 9.17) is 21.1 Å². The molecule has 6 nitrogen and oxygen atoms in total. The van der Waals surface area contributed by atoms with Crippen LogP contribution in [0.3, 0.4) is 0 Å². The molecule has 1 aromatic rings. The van der Waals surface area contributed by atoms with Gasteiger partial charge in [-0.3, -0.25) is 4.79 Å². The maximum Gasteiger partial charge on any atom is 0.410 e. The van der Waals surface area contributed by atoms with Gasteiger partial charge in [-0.1, -0.05) is 11.6 Å². The third-order valence-electron chi connectivity index (χ3n) is 4.06. The zero-order valence-corrected chi connectivity index (χ0v) is 16.3. The summed E-state index contributed by atoms with van der Waals surface area (Å²) in [5, 5.41) is 0.333. The van der Waals surface area contributed by atoms with Gasteiger partial charge in [-0.15, -0.1) is 0 Å². The van der Waals surface area contributed by atoms with Gasteiger partial charge in [-0.25, -0.2) is 9.18 Å². The van der Waals surface area contributed by atoms with Gasteiger partial charge >= 0.3 is 6.09 Å². The largest absolute Gasteiger partial charge is 0.495 e. The highest BCUT2D eigenvalue weighted by atomic mass is 35.5. The first kappa shape index (κ1) is 20.3. The minimum Gasteiger partial charge on any atom is -0.495 e. The summed E-state index contributed by atoms with van der Waals surface area (Å²) in [5.41, 5.74) is -0.146. The third kappa shape index (κ3) is 4.58. The van der Waals surface area contributed by atoms with Gasteiger partial charge < -0.3 is 19.3 Å². The molecule has 0 saturated carbocycles. The summed E-state index contributed by atoms with van der Waals surface area (Å²) in [4.78, 5) is 26.9. The number of nitrogens with zero attached hydrogens (tertiary/aromatic N) is 2. The Bertz CT molecular complexity index is 686. The van der Waals surface area contributed by atoms with E-state index in [1.54, 1.807) is 39.0 Å². The van der Waals surface area contributed by atoms with Gasteiger partial charge in [0.05, 0.1) is 12.1 Å². The van der Waals surface area contributed by atoms with Crippen LogP contribution in [0.25, 0.3) is 0 Å². The van der Waals surface area contributed by atoms with Crippen molar-refractivity contribution in [2.24, 2.45) is 5.92 Å². The minimum absolute atomic E-state index is 0.152. The normalized spacial score (nSPS) is 15.9. The average molecular weight is 387 g/mol. The molecular weight excluding hydrogens is 363 g/mol. The van der Waals surface area contributed by atoms with Crippen molar-refractivity contribution >= 4 is 29.3 Å². The Balaban J connectivity index is 1.94. The fraction of sp³-hybridized carbons (Fsp3) is 0.556. The molecule has 1 atom stereocenters. The molecule has 8 heteroatoms. The number of carbonyl (C=O) groups excluding carboxylic acids is 2. The zero-order valence-electron chi connectivity index (χ0n) is 15.6. The molecule has 0 radical (unpaired) electrons. The van der Waals surface area contributed by atoms with Crippen LogP contribution in [0.4, 0.5) is 14.9 Å². The predicted molar refractivity (Wildman–Crippen MR) is 97.6 cm³/mol. The van der Waals surface area contributed by atoms with Crippen molar-refractivity contribution in [3.8, 4) is 5.75 Å². The van der Waals surface area contributed by atoms with Crippen molar-refractivity contribution in [3.05, 3.63) is 23.2 Å². The maximum absolute atomic E-state index is 14.6. The third-order valence-corrected chi connectivity index (χ3v) is 4.36. The van der Waals surface area contributed by atoms with E-state index in [1.165, 1.54) is 24.0 Å². The van der Waals surface area contributed by atoms with Crippen molar-refractivity contribution in [1.29, 1.82) is 0 Å². The van der Waals surface area contributed by atoms with Crippen LogP contribution in [-0.4, -0.2) is 55.9 Å². The van der Waals surface area contributed by atoms with Gasteiger partial charge in [0.1, 0.15) is 11.4 Å². The molecule has 1 fully saturated rings.